The highest BCUT2D eigenvalue weighted by Gasteiger charge is 2.40. The van der Waals surface area contributed by atoms with Crippen molar-refractivity contribution in [3.05, 3.63) is 59.4 Å². The van der Waals surface area contributed by atoms with Crippen molar-refractivity contribution < 1.29 is 36.3 Å². The zero-order valence-electron chi connectivity index (χ0n) is 14.5. The monoisotopic (exact) mass is 415 g/mol. The molecule has 0 aliphatic carbocycles. The number of alkyl halides is 2. The molecule has 0 bridgehead atoms. The van der Waals surface area contributed by atoms with Gasteiger partial charge in [0.25, 0.3) is 0 Å². The van der Waals surface area contributed by atoms with Crippen LogP contribution in [-0.2, 0) is 4.79 Å². The maximum Gasteiger partial charge on any atom is 0.387 e. The van der Waals surface area contributed by atoms with Crippen molar-refractivity contribution in [1.82, 2.24) is 10.6 Å². The number of urea groups is 1. The number of ether oxygens (including phenoxy) is 1. The molecule has 1 unspecified atom stereocenters. The number of nitrogens with one attached hydrogen (secondary N) is 3. The first-order valence-corrected chi connectivity index (χ1v) is 8.29. The van der Waals surface area contributed by atoms with E-state index in [9.17, 15) is 31.5 Å². The predicted molar refractivity (Wildman–Crippen MR) is 91.1 cm³/mol. The molecule has 11 heteroatoms. The second-order valence-corrected chi connectivity index (χ2v) is 6.11. The molecule has 3 amide bonds. The molecular formula is C18H14F5N3O3. The van der Waals surface area contributed by atoms with Crippen molar-refractivity contribution in [3.8, 4) is 5.75 Å². The van der Waals surface area contributed by atoms with E-state index < -0.39 is 59.3 Å². The van der Waals surface area contributed by atoms with Crippen LogP contribution in [-0.4, -0.2) is 31.1 Å². The van der Waals surface area contributed by atoms with E-state index in [0.29, 0.717) is 12.1 Å². The quantitative estimate of drug-likeness (QED) is 0.657. The molecule has 1 heterocycles. The minimum atomic E-state index is -3.26. The van der Waals surface area contributed by atoms with Crippen molar-refractivity contribution in [2.24, 2.45) is 0 Å². The lowest BCUT2D eigenvalue weighted by atomic mass is 9.93. The summed E-state index contributed by atoms with van der Waals surface area (Å²) in [4.78, 5) is 24.2. The molecule has 1 aliphatic rings. The van der Waals surface area contributed by atoms with E-state index in [1.54, 1.807) is 0 Å². The van der Waals surface area contributed by atoms with Crippen LogP contribution in [0.2, 0.25) is 0 Å². The van der Waals surface area contributed by atoms with Gasteiger partial charge in [0.15, 0.2) is 0 Å². The fourth-order valence-electron chi connectivity index (χ4n) is 2.98. The summed E-state index contributed by atoms with van der Waals surface area (Å²) < 4.78 is 70.1. The third kappa shape index (κ3) is 4.73. The average Bonchev–Trinajstić information content (AvgIpc) is 2.96. The number of hydrogen-bond donors (Lipinski definition) is 3. The van der Waals surface area contributed by atoms with Crippen molar-refractivity contribution in [2.75, 3.05) is 11.9 Å². The van der Waals surface area contributed by atoms with Gasteiger partial charge < -0.3 is 20.7 Å². The van der Waals surface area contributed by atoms with E-state index >= 15 is 0 Å². The number of anilines is 1. The molecule has 1 aliphatic heterocycles. The number of benzene rings is 2. The third-order valence-electron chi connectivity index (χ3n) is 4.22. The molecule has 154 valence electrons. The van der Waals surface area contributed by atoms with E-state index in [-0.39, 0.29) is 12.2 Å². The smallest absolute Gasteiger partial charge is 0.387 e. The number of halogens is 5. The molecule has 2 aromatic rings. The van der Waals surface area contributed by atoms with E-state index in [0.717, 1.165) is 12.1 Å². The molecule has 2 aromatic carbocycles. The molecule has 6 nitrogen and oxygen atoms in total. The predicted octanol–water partition coefficient (Wildman–Crippen LogP) is 3.11. The maximum absolute atomic E-state index is 14.4. The van der Waals surface area contributed by atoms with Crippen molar-refractivity contribution in [3.63, 3.8) is 0 Å². The number of amides is 3. The van der Waals surface area contributed by atoms with E-state index in [2.05, 4.69) is 20.7 Å². The van der Waals surface area contributed by atoms with Gasteiger partial charge in [-0.2, -0.15) is 8.78 Å². The van der Waals surface area contributed by atoms with Crippen molar-refractivity contribution in [1.29, 1.82) is 0 Å². The van der Waals surface area contributed by atoms with Gasteiger partial charge in [0.05, 0.1) is 0 Å². The summed E-state index contributed by atoms with van der Waals surface area (Å²) in [5.74, 6) is -5.45. The van der Waals surface area contributed by atoms with E-state index in [1.165, 1.54) is 12.1 Å². The summed E-state index contributed by atoms with van der Waals surface area (Å²) in [5, 5.41) is 7.04. The van der Waals surface area contributed by atoms with Crippen LogP contribution in [0.25, 0.3) is 0 Å². The minimum absolute atomic E-state index is 0.191. The molecule has 0 spiro atoms. The lowest BCUT2D eigenvalue weighted by Gasteiger charge is -2.20. The minimum Gasteiger partial charge on any atom is -0.435 e. The van der Waals surface area contributed by atoms with Gasteiger partial charge in [-0.25, -0.2) is 18.0 Å². The van der Waals surface area contributed by atoms with Crippen LogP contribution in [0.3, 0.4) is 0 Å². The van der Waals surface area contributed by atoms with Crippen molar-refractivity contribution >= 4 is 17.6 Å². The highest BCUT2D eigenvalue weighted by molar-refractivity contribution is 5.95. The Labute approximate surface area is 161 Å². The fraction of sp³-hybridized carbons (Fsp3) is 0.222. The fourth-order valence-corrected chi connectivity index (χ4v) is 2.98. The molecule has 0 saturated carbocycles. The zero-order chi connectivity index (χ0) is 21.1. The normalized spacial score (nSPS) is 18.5. The number of carbonyl (C=O) groups excluding carboxylic acids is 2. The summed E-state index contributed by atoms with van der Waals surface area (Å²) >= 11 is 0. The first-order valence-electron chi connectivity index (χ1n) is 8.29. The molecule has 0 aromatic heterocycles. The van der Waals surface area contributed by atoms with Crippen LogP contribution in [0.15, 0.2) is 36.4 Å². The lowest BCUT2D eigenvalue weighted by molar-refractivity contribution is -0.120. The highest BCUT2D eigenvalue weighted by Crippen LogP contribution is 2.32. The first-order chi connectivity index (χ1) is 13.7. The summed E-state index contributed by atoms with van der Waals surface area (Å²) in [6.07, 6.45) is 0. The highest BCUT2D eigenvalue weighted by atomic mass is 19.3. The summed E-state index contributed by atoms with van der Waals surface area (Å²) in [5.41, 5.74) is -0.332. The Morgan fingerprint density at radius 3 is 2.31 bits per heavy atom. The van der Waals surface area contributed by atoms with Crippen LogP contribution < -0.4 is 20.7 Å². The Morgan fingerprint density at radius 1 is 1.10 bits per heavy atom. The summed E-state index contributed by atoms with van der Waals surface area (Å²) in [7, 11) is 0. The Kier molecular flexibility index (Phi) is 5.85. The molecule has 3 rings (SSSR count). The van der Waals surface area contributed by atoms with E-state index in [1.807, 2.05) is 0 Å². The molecule has 2 atom stereocenters. The van der Waals surface area contributed by atoms with Gasteiger partial charge in [-0.3, -0.25) is 4.79 Å². The molecular weight excluding hydrogens is 401 g/mol. The summed E-state index contributed by atoms with van der Waals surface area (Å²) in [6.45, 7) is -3.46. The molecule has 0 radical (unpaired) electrons. The molecule has 29 heavy (non-hydrogen) atoms. The molecule has 1 fully saturated rings. The van der Waals surface area contributed by atoms with Crippen LogP contribution >= 0.6 is 0 Å². The SMILES string of the molecule is O=C(Nc1ccc(F)cc1)NC1C(=O)NC[C@H]1c1c(F)cc(OC(F)F)cc1F. The number of carbonyl (C=O) groups is 2. The second kappa shape index (κ2) is 8.33. The standard InChI is InChI=1S/C18H14F5N3O3/c19-8-1-3-9(4-2-8)25-18(28)26-15-11(7-24-16(15)27)14-12(20)5-10(6-13(14)21)29-17(22)23/h1-6,11,15,17H,7H2,(H,24,27)(H2,25,26,28)/t11-,15?/m0/s1. The third-order valence-corrected chi connectivity index (χ3v) is 4.22. The first kappa shape index (κ1) is 20.4. The van der Waals surface area contributed by atoms with Gasteiger partial charge in [0.1, 0.15) is 29.2 Å². The van der Waals surface area contributed by atoms with Gasteiger partial charge in [-0.1, -0.05) is 0 Å². The Morgan fingerprint density at radius 2 is 1.72 bits per heavy atom. The molecule has 3 N–H and O–H groups in total. The van der Waals surface area contributed by atoms with Crippen LogP contribution in [0.5, 0.6) is 5.75 Å². The Balaban J connectivity index is 1.78. The Bertz CT molecular complexity index is 900. The Hall–Kier alpha value is -3.37. The van der Waals surface area contributed by atoms with Crippen LogP contribution in [0.4, 0.5) is 32.4 Å². The van der Waals surface area contributed by atoms with Gasteiger partial charge >= 0.3 is 12.6 Å². The number of hydrogen-bond acceptors (Lipinski definition) is 3. The van der Waals surface area contributed by atoms with E-state index in [4.69, 9.17) is 0 Å². The van der Waals surface area contributed by atoms with Crippen LogP contribution in [0, 0.1) is 17.5 Å². The second-order valence-electron chi connectivity index (χ2n) is 6.11. The van der Waals surface area contributed by atoms with Gasteiger partial charge in [0.2, 0.25) is 5.91 Å². The van der Waals surface area contributed by atoms with Crippen LogP contribution in [0.1, 0.15) is 11.5 Å². The average molecular weight is 415 g/mol. The van der Waals surface area contributed by atoms with Gasteiger partial charge in [-0.15, -0.1) is 0 Å². The maximum atomic E-state index is 14.4. The summed E-state index contributed by atoms with van der Waals surface area (Å²) in [6, 6.07) is 3.72. The van der Waals surface area contributed by atoms with Crippen molar-refractivity contribution in [2.45, 2.75) is 18.6 Å². The lowest BCUT2D eigenvalue weighted by Crippen LogP contribution is -2.45. The zero-order valence-corrected chi connectivity index (χ0v) is 14.5. The number of rotatable bonds is 5. The largest absolute Gasteiger partial charge is 0.435 e. The topological polar surface area (TPSA) is 79.5 Å². The van der Waals surface area contributed by atoms with Gasteiger partial charge in [0, 0.05) is 35.8 Å². The molecule has 1 saturated heterocycles. The van der Waals surface area contributed by atoms with Gasteiger partial charge in [-0.05, 0) is 24.3 Å².